The minimum Gasteiger partial charge on any atom is -0.456 e. The molecule has 8 aromatic carbocycles. The molecule has 0 fully saturated rings. The molecular weight excluding hydrogens is 597 g/mol. The molecule has 11 rings (SSSR count). The summed E-state index contributed by atoms with van der Waals surface area (Å²) in [5.74, 6) is 0. The van der Waals surface area contributed by atoms with Crippen molar-refractivity contribution in [1.82, 2.24) is 9.13 Å². The number of hydrogen-bond acceptors (Lipinski definition) is 1. The molecular formula is C46H28N2O. The van der Waals surface area contributed by atoms with Crippen molar-refractivity contribution < 1.29 is 4.42 Å². The molecule has 0 bridgehead atoms. The third-order valence-corrected chi connectivity index (χ3v) is 10.3. The van der Waals surface area contributed by atoms with E-state index in [2.05, 4.69) is 167 Å². The van der Waals surface area contributed by atoms with Gasteiger partial charge in [-0.25, -0.2) is 0 Å². The van der Waals surface area contributed by atoms with Crippen LogP contribution in [0.3, 0.4) is 0 Å². The van der Waals surface area contributed by atoms with Gasteiger partial charge in [-0.05, 0) is 83.2 Å². The molecule has 0 saturated carbocycles. The normalized spacial score (nSPS) is 12.1. The zero-order valence-corrected chi connectivity index (χ0v) is 26.5. The highest BCUT2D eigenvalue weighted by atomic mass is 16.3. The van der Waals surface area contributed by atoms with E-state index < -0.39 is 0 Å². The second-order valence-corrected chi connectivity index (χ2v) is 12.9. The molecule has 3 heterocycles. The summed E-state index contributed by atoms with van der Waals surface area (Å²) >= 11 is 0. The first-order chi connectivity index (χ1) is 24.3. The summed E-state index contributed by atoms with van der Waals surface area (Å²) in [5, 5.41) is 9.75. The summed E-state index contributed by atoms with van der Waals surface area (Å²) in [6.45, 7) is 0. The van der Waals surface area contributed by atoms with Crippen LogP contribution in [0.4, 0.5) is 0 Å². The van der Waals surface area contributed by atoms with Gasteiger partial charge in [0.25, 0.3) is 0 Å². The molecule has 3 heteroatoms. The van der Waals surface area contributed by atoms with Crippen molar-refractivity contribution in [2.24, 2.45) is 0 Å². The van der Waals surface area contributed by atoms with E-state index in [9.17, 15) is 0 Å². The van der Waals surface area contributed by atoms with Gasteiger partial charge in [-0.15, -0.1) is 0 Å². The van der Waals surface area contributed by atoms with Crippen LogP contribution in [0.5, 0.6) is 0 Å². The second kappa shape index (κ2) is 9.96. The summed E-state index contributed by atoms with van der Waals surface area (Å²) in [5.41, 5.74) is 11.4. The fraction of sp³-hybridized carbons (Fsp3) is 0. The summed E-state index contributed by atoms with van der Waals surface area (Å²) in [7, 11) is 0. The van der Waals surface area contributed by atoms with Gasteiger partial charge in [-0.2, -0.15) is 0 Å². The van der Waals surface area contributed by atoms with E-state index in [0.29, 0.717) is 0 Å². The van der Waals surface area contributed by atoms with E-state index in [1.54, 1.807) is 0 Å². The Morgan fingerprint density at radius 3 is 1.63 bits per heavy atom. The van der Waals surface area contributed by atoms with Crippen molar-refractivity contribution in [2.45, 2.75) is 0 Å². The van der Waals surface area contributed by atoms with E-state index >= 15 is 0 Å². The Morgan fingerprint density at radius 2 is 0.878 bits per heavy atom. The van der Waals surface area contributed by atoms with Crippen molar-refractivity contribution in [3.05, 3.63) is 170 Å². The van der Waals surface area contributed by atoms with Crippen LogP contribution >= 0.6 is 0 Å². The summed E-state index contributed by atoms with van der Waals surface area (Å²) in [4.78, 5) is 0. The number of nitrogens with zero attached hydrogens (tertiary/aromatic N) is 2. The van der Waals surface area contributed by atoms with E-state index in [4.69, 9.17) is 4.42 Å². The van der Waals surface area contributed by atoms with Gasteiger partial charge in [0.1, 0.15) is 11.2 Å². The van der Waals surface area contributed by atoms with Crippen molar-refractivity contribution in [2.75, 3.05) is 0 Å². The van der Waals surface area contributed by atoms with Crippen LogP contribution in [0.15, 0.2) is 174 Å². The smallest absolute Gasteiger partial charge is 0.135 e. The number of hydrogen-bond donors (Lipinski definition) is 0. The summed E-state index contributed by atoms with van der Waals surface area (Å²) < 4.78 is 11.0. The Bertz CT molecular complexity index is 3110. The van der Waals surface area contributed by atoms with Crippen LogP contribution in [0.2, 0.25) is 0 Å². The molecule has 0 atom stereocenters. The standard InChI is InChI=1S/C46H28N2O/c1-2-12-33-29(10-1)11-9-18-40(33)48-42-17-7-4-14-35(42)38-27-31(21-24-44(38)48)30-20-23-43-37(26-30)34-13-3-6-16-41(34)47(43)32-22-25-46-39(28-32)36-15-5-8-19-45(36)49-46/h1-28H. The molecule has 0 N–H and O–H groups in total. The van der Waals surface area contributed by atoms with Gasteiger partial charge in [-0.1, -0.05) is 103 Å². The molecule has 0 aliphatic carbocycles. The van der Waals surface area contributed by atoms with Gasteiger partial charge in [-0.3, -0.25) is 0 Å². The van der Waals surface area contributed by atoms with Crippen molar-refractivity contribution in [3.8, 4) is 22.5 Å². The van der Waals surface area contributed by atoms with Gasteiger partial charge in [0, 0.05) is 43.4 Å². The van der Waals surface area contributed by atoms with Crippen LogP contribution < -0.4 is 0 Å². The molecule has 228 valence electrons. The Kier molecular flexibility index (Phi) is 5.38. The molecule has 3 nitrogen and oxygen atoms in total. The molecule has 0 radical (unpaired) electrons. The summed E-state index contributed by atoms with van der Waals surface area (Å²) in [6, 6.07) is 61.4. The van der Waals surface area contributed by atoms with Gasteiger partial charge < -0.3 is 13.6 Å². The lowest BCUT2D eigenvalue weighted by molar-refractivity contribution is 0.669. The molecule has 0 aliphatic heterocycles. The Morgan fingerprint density at radius 1 is 0.327 bits per heavy atom. The maximum Gasteiger partial charge on any atom is 0.135 e. The molecule has 11 aromatic rings. The van der Waals surface area contributed by atoms with Crippen molar-refractivity contribution >= 4 is 76.3 Å². The molecule has 0 saturated heterocycles. The van der Waals surface area contributed by atoms with Crippen LogP contribution in [0.25, 0.3) is 98.8 Å². The van der Waals surface area contributed by atoms with Crippen LogP contribution in [-0.2, 0) is 0 Å². The molecule has 49 heavy (non-hydrogen) atoms. The number of fused-ring (bicyclic) bond motifs is 10. The lowest BCUT2D eigenvalue weighted by Gasteiger charge is -2.12. The highest BCUT2D eigenvalue weighted by Crippen LogP contribution is 2.40. The Balaban J connectivity index is 1.11. The van der Waals surface area contributed by atoms with Gasteiger partial charge in [0.2, 0.25) is 0 Å². The monoisotopic (exact) mass is 624 g/mol. The first kappa shape index (κ1) is 26.5. The topological polar surface area (TPSA) is 23.0 Å². The van der Waals surface area contributed by atoms with E-state index in [1.807, 2.05) is 12.1 Å². The second-order valence-electron chi connectivity index (χ2n) is 12.9. The summed E-state index contributed by atoms with van der Waals surface area (Å²) in [6.07, 6.45) is 0. The number of aromatic nitrogens is 2. The average Bonchev–Trinajstić information content (AvgIpc) is 3.81. The number of rotatable bonds is 3. The van der Waals surface area contributed by atoms with Crippen LogP contribution in [-0.4, -0.2) is 9.13 Å². The Hall–Kier alpha value is -6.58. The number of para-hydroxylation sites is 3. The van der Waals surface area contributed by atoms with Gasteiger partial charge in [0.05, 0.1) is 27.8 Å². The predicted octanol–water partition coefficient (Wildman–Crippen LogP) is 12.6. The lowest BCUT2D eigenvalue weighted by Crippen LogP contribution is -1.95. The number of benzene rings is 8. The Labute approximate surface area is 281 Å². The quantitative estimate of drug-likeness (QED) is 0.192. The van der Waals surface area contributed by atoms with Crippen molar-refractivity contribution in [1.29, 1.82) is 0 Å². The van der Waals surface area contributed by atoms with Gasteiger partial charge >= 0.3 is 0 Å². The van der Waals surface area contributed by atoms with E-state index in [0.717, 1.165) is 27.6 Å². The molecule has 0 amide bonds. The van der Waals surface area contributed by atoms with Crippen LogP contribution in [0, 0.1) is 0 Å². The first-order valence-electron chi connectivity index (χ1n) is 16.8. The molecule has 0 unspecified atom stereocenters. The minimum atomic E-state index is 0.908. The largest absolute Gasteiger partial charge is 0.456 e. The zero-order valence-electron chi connectivity index (χ0n) is 26.5. The lowest BCUT2D eigenvalue weighted by atomic mass is 10.0. The third-order valence-electron chi connectivity index (χ3n) is 10.3. The highest BCUT2D eigenvalue weighted by molar-refractivity contribution is 6.14. The number of furan rings is 1. The van der Waals surface area contributed by atoms with Crippen LogP contribution in [0.1, 0.15) is 0 Å². The highest BCUT2D eigenvalue weighted by Gasteiger charge is 2.17. The van der Waals surface area contributed by atoms with Crippen molar-refractivity contribution in [3.63, 3.8) is 0 Å². The maximum atomic E-state index is 6.16. The molecule has 0 aliphatic rings. The fourth-order valence-corrected chi connectivity index (χ4v) is 8.10. The predicted molar refractivity (Wildman–Crippen MR) is 205 cm³/mol. The van der Waals surface area contributed by atoms with E-state index in [1.165, 1.54) is 71.2 Å². The average molecular weight is 625 g/mol. The zero-order chi connectivity index (χ0) is 32.1. The fourth-order valence-electron chi connectivity index (χ4n) is 8.10. The maximum absolute atomic E-state index is 6.16. The molecule has 3 aromatic heterocycles. The minimum absolute atomic E-state index is 0.908. The van der Waals surface area contributed by atoms with E-state index in [-0.39, 0.29) is 0 Å². The van der Waals surface area contributed by atoms with Gasteiger partial charge in [0.15, 0.2) is 0 Å². The third kappa shape index (κ3) is 3.78. The first-order valence-corrected chi connectivity index (χ1v) is 16.8. The molecule has 0 spiro atoms. The SMILES string of the molecule is c1ccc2c(-n3c4ccccc4c4cc(-c5ccc6c(c5)c5ccccc5n6-c5ccc6oc7ccccc7c6c5)ccc43)cccc2c1.